The van der Waals surface area contributed by atoms with E-state index in [1.807, 2.05) is 24.3 Å². The van der Waals surface area contributed by atoms with E-state index < -0.39 is 0 Å². The van der Waals surface area contributed by atoms with Crippen molar-refractivity contribution in [2.24, 2.45) is 0 Å². The SMILES string of the molecule is N#CC1CCN(C=O)c2ccccc21. The van der Waals surface area contributed by atoms with Gasteiger partial charge in [0.15, 0.2) is 0 Å². The largest absolute Gasteiger partial charge is 0.315 e. The van der Waals surface area contributed by atoms with Crippen molar-refractivity contribution in [3.8, 4) is 6.07 Å². The van der Waals surface area contributed by atoms with Crippen LogP contribution in [0.1, 0.15) is 17.9 Å². The molecule has 1 aliphatic rings. The summed E-state index contributed by atoms with van der Waals surface area (Å²) in [7, 11) is 0. The second-order valence-electron chi connectivity index (χ2n) is 3.33. The van der Waals surface area contributed by atoms with Gasteiger partial charge in [-0.25, -0.2) is 0 Å². The molecule has 1 atom stereocenters. The van der Waals surface area contributed by atoms with E-state index in [2.05, 4.69) is 6.07 Å². The van der Waals surface area contributed by atoms with Gasteiger partial charge in [0.1, 0.15) is 0 Å². The van der Waals surface area contributed by atoms with E-state index in [4.69, 9.17) is 5.26 Å². The first-order valence-electron chi connectivity index (χ1n) is 4.57. The van der Waals surface area contributed by atoms with Crippen LogP contribution in [0.5, 0.6) is 0 Å². The lowest BCUT2D eigenvalue weighted by Crippen LogP contribution is -2.29. The molecule has 3 nitrogen and oxygen atoms in total. The molecular formula is C11H10N2O. The molecule has 1 aromatic carbocycles. The van der Waals surface area contributed by atoms with Gasteiger partial charge >= 0.3 is 0 Å². The third-order valence-corrected chi connectivity index (χ3v) is 2.56. The average Bonchev–Trinajstić information content (AvgIpc) is 2.27. The number of carbonyl (C=O) groups excluding carboxylic acids is 1. The van der Waals surface area contributed by atoms with Crippen LogP contribution in [0.3, 0.4) is 0 Å². The fraction of sp³-hybridized carbons (Fsp3) is 0.273. The molecule has 2 rings (SSSR count). The Morgan fingerprint density at radius 2 is 2.29 bits per heavy atom. The normalized spacial score (nSPS) is 19.6. The summed E-state index contributed by atoms with van der Waals surface area (Å²) in [4.78, 5) is 12.4. The summed E-state index contributed by atoms with van der Waals surface area (Å²) >= 11 is 0. The Kier molecular flexibility index (Phi) is 2.19. The van der Waals surface area contributed by atoms with E-state index in [0.717, 1.165) is 24.1 Å². The summed E-state index contributed by atoms with van der Waals surface area (Å²) in [5.41, 5.74) is 1.84. The van der Waals surface area contributed by atoms with E-state index in [9.17, 15) is 4.79 Å². The monoisotopic (exact) mass is 186 g/mol. The van der Waals surface area contributed by atoms with Gasteiger partial charge in [0, 0.05) is 12.2 Å². The van der Waals surface area contributed by atoms with Crippen LogP contribution in [0.4, 0.5) is 5.69 Å². The number of hydrogen-bond donors (Lipinski definition) is 0. The van der Waals surface area contributed by atoms with Gasteiger partial charge in [0.05, 0.1) is 12.0 Å². The summed E-state index contributed by atoms with van der Waals surface area (Å²) in [6.07, 6.45) is 1.55. The Morgan fingerprint density at radius 3 is 3.00 bits per heavy atom. The van der Waals surface area contributed by atoms with Crippen molar-refractivity contribution in [3.05, 3.63) is 29.8 Å². The van der Waals surface area contributed by atoms with Crippen LogP contribution in [-0.4, -0.2) is 13.0 Å². The Balaban J connectivity index is 2.49. The highest BCUT2D eigenvalue weighted by Gasteiger charge is 2.23. The molecule has 1 aliphatic heterocycles. The number of amides is 1. The summed E-state index contributed by atoms with van der Waals surface area (Å²) in [6, 6.07) is 9.84. The zero-order valence-electron chi connectivity index (χ0n) is 7.68. The number of nitrogens with zero attached hydrogens (tertiary/aromatic N) is 2. The molecule has 0 N–H and O–H groups in total. The van der Waals surface area contributed by atoms with Crippen LogP contribution in [-0.2, 0) is 4.79 Å². The molecular weight excluding hydrogens is 176 g/mol. The number of fused-ring (bicyclic) bond motifs is 1. The van der Waals surface area contributed by atoms with Gasteiger partial charge in [0.25, 0.3) is 0 Å². The fourth-order valence-electron chi connectivity index (χ4n) is 1.83. The first-order valence-corrected chi connectivity index (χ1v) is 4.57. The minimum Gasteiger partial charge on any atom is -0.315 e. The van der Waals surface area contributed by atoms with Gasteiger partial charge < -0.3 is 4.90 Å². The molecule has 0 aliphatic carbocycles. The minimum absolute atomic E-state index is 0.0672. The predicted molar refractivity (Wildman–Crippen MR) is 52.8 cm³/mol. The number of para-hydroxylation sites is 1. The second-order valence-corrected chi connectivity index (χ2v) is 3.33. The van der Waals surface area contributed by atoms with Crippen LogP contribution in [0, 0.1) is 11.3 Å². The first kappa shape index (κ1) is 8.76. The molecule has 1 amide bonds. The predicted octanol–water partition coefficient (Wildman–Crippen LogP) is 1.66. The molecule has 1 heterocycles. The number of nitriles is 1. The van der Waals surface area contributed by atoms with Crippen LogP contribution in [0.2, 0.25) is 0 Å². The smallest absolute Gasteiger partial charge is 0.214 e. The Morgan fingerprint density at radius 1 is 1.50 bits per heavy atom. The molecule has 14 heavy (non-hydrogen) atoms. The van der Waals surface area contributed by atoms with Crippen LogP contribution in [0.15, 0.2) is 24.3 Å². The number of anilines is 1. The zero-order valence-corrected chi connectivity index (χ0v) is 7.68. The molecule has 0 bridgehead atoms. The molecule has 1 unspecified atom stereocenters. The van der Waals surface area contributed by atoms with Gasteiger partial charge in [0.2, 0.25) is 6.41 Å². The van der Waals surface area contributed by atoms with Crippen LogP contribution in [0.25, 0.3) is 0 Å². The molecule has 0 fully saturated rings. The quantitative estimate of drug-likeness (QED) is 0.626. The molecule has 0 saturated carbocycles. The molecule has 0 saturated heterocycles. The fourth-order valence-corrected chi connectivity index (χ4v) is 1.83. The third kappa shape index (κ3) is 1.25. The second kappa shape index (κ2) is 3.51. The first-order chi connectivity index (χ1) is 6.86. The maximum absolute atomic E-state index is 10.8. The molecule has 0 radical (unpaired) electrons. The Bertz CT molecular complexity index is 395. The van der Waals surface area contributed by atoms with E-state index in [1.54, 1.807) is 4.90 Å². The summed E-state index contributed by atoms with van der Waals surface area (Å²) in [5, 5.41) is 8.94. The third-order valence-electron chi connectivity index (χ3n) is 2.56. The number of benzene rings is 1. The maximum atomic E-state index is 10.8. The molecule has 1 aromatic rings. The van der Waals surface area contributed by atoms with E-state index in [0.29, 0.717) is 6.54 Å². The Hall–Kier alpha value is -1.82. The number of rotatable bonds is 1. The van der Waals surface area contributed by atoms with E-state index in [1.165, 1.54) is 0 Å². The standard InChI is InChI=1S/C11H10N2O/c12-7-9-5-6-13(8-14)11-4-2-1-3-10(9)11/h1-4,8-9H,5-6H2. The van der Waals surface area contributed by atoms with Crippen molar-refractivity contribution in [2.45, 2.75) is 12.3 Å². The molecule has 0 aromatic heterocycles. The summed E-state index contributed by atoms with van der Waals surface area (Å²) in [6.45, 7) is 0.638. The van der Waals surface area contributed by atoms with Crippen LogP contribution < -0.4 is 4.90 Å². The number of hydrogen-bond acceptors (Lipinski definition) is 2. The highest BCUT2D eigenvalue weighted by molar-refractivity contribution is 5.78. The van der Waals surface area contributed by atoms with E-state index >= 15 is 0 Å². The van der Waals surface area contributed by atoms with Crippen molar-refractivity contribution in [3.63, 3.8) is 0 Å². The maximum Gasteiger partial charge on any atom is 0.214 e. The lowest BCUT2D eigenvalue weighted by molar-refractivity contribution is -0.107. The van der Waals surface area contributed by atoms with Gasteiger partial charge in [-0.15, -0.1) is 0 Å². The summed E-state index contributed by atoms with van der Waals surface area (Å²) < 4.78 is 0. The van der Waals surface area contributed by atoms with Crippen molar-refractivity contribution >= 4 is 12.1 Å². The average molecular weight is 186 g/mol. The van der Waals surface area contributed by atoms with Crippen molar-refractivity contribution in [2.75, 3.05) is 11.4 Å². The van der Waals surface area contributed by atoms with Crippen molar-refractivity contribution in [1.29, 1.82) is 5.26 Å². The van der Waals surface area contributed by atoms with Gasteiger partial charge in [-0.1, -0.05) is 18.2 Å². The minimum atomic E-state index is -0.0672. The van der Waals surface area contributed by atoms with Crippen molar-refractivity contribution in [1.82, 2.24) is 0 Å². The molecule has 70 valence electrons. The summed E-state index contributed by atoms with van der Waals surface area (Å²) in [5.74, 6) is -0.0672. The Labute approximate surface area is 82.6 Å². The van der Waals surface area contributed by atoms with Crippen LogP contribution >= 0.6 is 0 Å². The molecule has 0 spiro atoms. The zero-order chi connectivity index (χ0) is 9.97. The van der Waals surface area contributed by atoms with Crippen molar-refractivity contribution < 1.29 is 4.79 Å². The topological polar surface area (TPSA) is 44.1 Å². The van der Waals surface area contributed by atoms with E-state index in [-0.39, 0.29) is 5.92 Å². The van der Waals surface area contributed by atoms with Gasteiger partial charge in [-0.2, -0.15) is 5.26 Å². The van der Waals surface area contributed by atoms with Gasteiger partial charge in [-0.3, -0.25) is 4.79 Å². The molecule has 3 heteroatoms. The highest BCUT2D eigenvalue weighted by atomic mass is 16.1. The number of carbonyl (C=O) groups is 1. The lowest BCUT2D eigenvalue weighted by Gasteiger charge is -2.28. The van der Waals surface area contributed by atoms with Gasteiger partial charge in [-0.05, 0) is 18.1 Å². The lowest BCUT2D eigenvalue weighted by atomic mass is 9.91. The highest BCUT2D eigenvalue weighted by Crippen LogP contribution is 2.33.